The van der Waals surface area contributed by atoms with Gasteiger partial charge in [-0.2, -0.15) is 4.31 Å². The maximum atomic E-state index is 13.3. The van der Waals surface area contributed by atoms with E-state index in [1.165, 1.54) is 29.6 Å². The van der Waals surface area contributed by atoms with Gasteiger partial charge in [0.15, 0.2) is 6.61 Å². The summed E-state index contributed by atoms with van der Waals surface area (Å²) in [6, 6.07) is 4.20. The normalized spacial score (nSPS) is 23.1. The first kappa shape index (κ1) is 23.5. The fourth-order valence-corrected chi connectivity index (χ4v) is 6.03. The van der Waals surface area contributed by atoms with Crippen molar-refractivity contribution in [2.75, 3.05) is 26.8 Å². The van der Waals surface area contributed by atoms with E-state index in [1.807, 2.05) is 20.8 Å². The quantitative estimate of drug-likeness (QED) is 0.608. The van der Waals surface area contributed by atoms with Crippen molar-refractivity contribution in [3.05, 3.63) is 23.8 Å². The Kier molecular flexibility index (Phi) is 7.26. The molecule has 1 amide bonds. The van der Waals surface area contributed by atoms with E-state index < -0.39 is 22.6 Å². The Morgan fingerprint density at radius 1 is 1.19 bits per heavy atom. The Hall–Kier alpha value is -2.13. The van der Waals surface area contributed by atoms with Gasteiger partial charge in [-0.3, -0.25) is 4.79 Å². The lowest BCUT2D eigenvalue weighted by molar-refractivity contribution is -0.124. The highest BCUT2D eigenvalue weighted by molar-refractivity contribution is 7.89. The van der Waals surface area contributed by atoms with Crippen LogP contribution in [0.15, 0.2) is 23.1 Å². The molecule has 3 unspecified atom stereocenters. The van der Waals surface area contributed by atoms with E-state index in [-0.39, 0.29) is 40.0 Å². The van der Waals surface area contributed by atoms with E-state index in [0.717, 1.165) is 19.3 Å². The number of benzene rings is 1. The molecule has 172 valence electrons. The number of nitrogens with one attached hydrogen (secondary N) is 1. The van der Waals surface area contributed by atoms with E-state index in [9.17, 15) is 18.0 Å². The van der Waals surface area contributed by atoms with Crippen molar-refractivity contribution in [2.24, 2.45) is 17.8 Å². The Labute approximate surface area is 184 Å². The molecule has 1 saturated heterocycles. The standard InChI is InChI=1S/C22H32N2O6S/c1-14-9-15(2)12-24(11-14)31(27,28)20-10-18(7-8-19(20)29-4)22(26)30-13-21(25)23-16(3)17-5-6-17/h7-8,10,14-17H,5-6,9,11-13H2,1-4H3,(H,23,25). The van der Waals surface area contributed by atoms with Crippen molar-refractivity contribution in [3.8, 4) is 5.75 Å². The highest BCUT2D eigenvalue weighted by Crippen LogP contribution is 2.33. The van der Waals surface area contributed by atoms with E-state index in [1.54, 1.807) is 0 Å². The average molecular weight is 453 g/mol. The summed E-state index contributed by atoms with van der Waals surface area (Å²) in [6.07, 6.45) is 3.16. The molecular formula is C22H32N2O6S. The molecular weight excluding hydrogens is 420 g/mol. The second kappa shape index (κ2) is 9.56. The highest BCUT2D eigenvalue weighted by Gasteiger charge is 2.34. The molecule has 1 aliphatic carbocycles. The lowest BCUT2D eigenvalue weighted by Crippen LogP contribution is -2.42. The minimum atomic E-state index is -3.86. The Balaban J connectivity index is 1.73. The first-order valence-corrected chi connectivity index (χ1v) is 12.2. The van der Waals surface area contributed by atoms with Crippen LogP contribution >= 0.6 is 0 Å². The van der Waals surface area contributed by atoms with Crippen molar-refractivity contribution in [1.29, 1.82) is 0 Å². The number of carbonyl (C=O) groups is 2. The zero-order chi connectivity index (χ0) is 22.8. The fraction of sp³-hybridized carbons (Fsp3) is 0.636. The van der Waals surface area contributed by atoms with Gasteiger partial charge in [-0.05, 0) is 62.1 Å². The van der Waals surface area contributed by atoms with Gasteiger partial charge in [-0.1, -0.05) is 13.8 Å². The Morgan fingerprint density at radius 2 is 1.84 bits per heavy atom. The van der Waals surface area contributed by atoms with Crippen molar-refractivity contribution in [3.63, 3.8) is 0 Å². The van der Waals surface area contributed by atoms with Crippen LogP contribution in [0.4, 0.5) is 0 Å². The smallest absolute Gasteiger partial charge is 0.338 e. The molecule has 1 aromatic carbocycles. The van der Waals surface area contributed by atoms with Crippen molar-refractivity contribution in [2.45, 2.75) is 51.0 Å². The monoisotopic (exact) mass is 452 g/mol. The predicted molar refractivity (Wildman–Crippen MR) is 115 cm³/mol. The molecule has 1 aromatic rings. The minimum Gasteiger partial charge on any atom is -0.495 e. The van der Waals surface area contributed by atoms with Gasteiger partial charge in [-0.15, -0.1) is 0 Å². The fourth-order valence-electron chi connectivity index (χ4n) is 4.17. The molecule has 0 bridgehead atoms. The summed E-state index contributed by atoms with van der Waals surface area (Å²) in [7, 11) is -2.47. The molecule has 8 nitrogen and oxygen atoms in total. The summed E-state index contributed by atoms with van der Waals surface area (Å²) in [5.74, 6) is 0.0233. The number of hydrogen-bond acceptors (Lipinski definition) is 6. The maximum absolute atomic E-state index is 13.3. The number of rotatable bonds is 8. The molecule has 2 fully saturated rings. The summed E-state index contributed by atoms with van der Waals surface area (Å²) in [4.78, 5) is 24.4. The van der Waals surface area contributed by atoms with Crippen molar-refractivity contribution >= 4 is 21.9 Å². The molecule has 1 N–H and O–H groups in total. The lowest BCUT2D eigenvalue weighted by atomic mass is 9.94. The molecule has 3 atom stereocenters. The second-order valence-electron chi connectivity index (χ2n) is 8.90. The summed E-state index contributed by atoms with van der Waals surface area (Å²) in [6.45, 7) is 6.41. The van der Waals surface area contributed by atoms with Crippen LogP contribution in [0.2, 0.25) is 0 Å². The number of ether oxygens (including phenoxy) is 2. The molecule has 3 rings (SSSR count). The molecule has 0 radical (unpaired) electrons. The minimum absolute atomic E-state index is 0.0539. The number of carbonyl (C=O) groups excluding carboxylic acids is 2. The predicted octanol–water partition coefficient (Wildman–Crippen LogP) is 2.43. The van der Waals surface area contributed by atoms with E-state index in [0.29, 0.717) is 19.0 Å². The van der Waals surface area contributed by atoms with Gasteiger partial charge < -0.3 is 14.8 Å². The van der Waals surface area contributed by atoms with Crippen LogP contribution < -0.4 is 10.1 Å². The Morgan fingerprint density at radius 3 is 2.42 bits per heavy atom. The summed E-state index contributed by atoms with van der Waals surface area (Å²) < 4.78 is 38.5. The van der Waals surface area contributed by atoms with Crippen molar-refractivity contribution < 1.29 is 27.5 Å². The first-order chi connectivity index (χ1) is 14.6. The molecule has 0 aromatic heterocycles. The third-order valence-corrected chi connectivity index (χ3v) is 7.76. The summed E-state index contributed by atoms with van der Waals surface area (Å²) in [5.41, 5.74) is 0.0560. The molecule has 1 aliphatic heterocycles. The SMILES string of the molecule is COc1ccc(C(=O)OCC(=O)NC(C)C2CC2)cc1S(=O)(=O)N1CC(C)CC(C)C1. The van der Waals surface area contributed by atoms with Gasteiger partial charge >= 0.3 is 5.97 Å². The third-order valence-electron chi connectivity index (χ3n) is 5.90. The zero-order valence-electron chi connectivity index (χ0n) is 18.6. The summed E-state index contributed by atoms with van der Waals surface area (Å²) in [5, 5.41) is 2.82. The molecule has 2 aliphatic rings. The number of hydrogen-bond donors (Lipinski definition) is 1. The van der Waals surface area contributed by atoms with Gasteiger partial charge in [-0.25, -0.2) is 13.2 Å². The number of piperidine rings is 1. The van der Waals surface area contributed by atoms with Crippen LogP contribution in [0, 0.1) is 17.8 Å². The van der Waals surface area contributed by atoms with Gasteiger partial charge in [0.1, 0.15) is 10.6 Å². The number of methoxy groups -OCH3 is 1. The lowest BCUT2D eigenvalue weighted by Gasteiger charge is -2.34. The third kappa shape index (κ3) is 5.77. The first-order valence-electron chi connectivity index (χ1n) is 10.8. The van der Waals surface area contributed by atoms with Crippen LogP contribution in [0.5, 0.6) is 5.75 Å². The highest BCUT2D eigenvalue weighted by atomic mass is 32.2. The number of esters is 1. The van der Waals surface area contributed by atoms with Crippen LogP contribution in [0.3, 0.4) is 0 Å². The summed E-state index contributed by atoms with van der Waals surface area (Å²) >= 11 is 0. The molecule has 0 spiro atoms. The maximum Gasteiger partial charge on any atom is 0.338 e. The second-order valence-corrected chi connectivity index (χ2v) is 10.8. The average Bonchev–Trinajstić information content (AvgIpc) is 3.56. The largest absolute Gasteiger partial charge is 0.495 e. The van der Waals surface area contributed by atoms with Gasteiger partial charge in [0.2, 0.25) is 10.0 Å². The molecule has 31 heavy (non-hydrogen) atoms. The Bertz CT molecular complexity index is 918. The number of sulfonamides is 1. The molecule has 9 heteroatoms. The van der Waals surface area contributed by atoms with Gasteiger partial charge in [0.05, 0.1) is 12.7 Å². The van der Waals surface area contributed by atoms with Crippen LogP contribution in [-0.2, 0) is 19.6 Å². The number of amides is 1. The topological polar surface area (TPSA) is 102 Å². The van der Waals surface area contributed by atoms with Gasteiger partial charge in [0, 0.05) is 19.1 Å². The van der Waals surface area contributed by atoms with Crippen LogP contribution in [0.25, 0.3) is 0 Å². The van der Waals surface area contributed by atoms with E-state index in [2.05, 4.69) is 5.32 Å². The zero-order valence-corrected chi connectivity index (χ0v) is 19.4. The van der Waals surface area contributed by atoms with Gasteiger partial charge in [0.25, 0.3) is 5.91 Å². The number of nitrogens with zero attached hydrogens (tertiary/aromatic N) is 1. The van der Waals surface area contributed by atoms with E-state index >= 15 is 0 Å². The molecule has 1 heterocycles. The van der Waals surface area contributed by atoms with E-state index in [4.69, 9.17) is 9.47 Å². The van der Waals surface area contributed by atoms with Crippen LogP contribution in [0.1, 0.15) is 50.4 Å². The molecule has 1 saturated carbocycles. The van der Waals surface area contributed by atoms with Crippen molar-refractivity contribution in [1.82, 2.24) is 9.62 Å². The van der Waals surface area contributed by atoms with Crippen LogP contribution in [-0.4, -0.2) is 57.4 Å².